The lowest BCUT2D eigenvalue weighted by Gasteiger charge is -2.10. The standard InChI is InChI=1S/C20H17FN2O3/c21-18-8-7-17(19(22)25)20(23-18)26-16-6-2-5-15(12-16)14-4-1-3-13(11-14)9-10-24/h1-8,11-12,24H,9-10H2,(H2,22,25). The van der Waals surface area contributed by atoms with Gasteiger partial charge >= 0.3 is 0 Å². The summed E-state index contributed by atoms with van der Waals surface area (Å²) in [5.41, 5.74) is 8.12. The van der Waals surface area contributed by atoms with Crippen LogP contribution in [0.3, 0.4) is 0 Å². The van der Waals surface area contributed by atoms with Crippen LogP contribution in [-0.4, -0.2) is 22.6 Å². The Hall–Kier alpha value is -3.25. The predicted octanol–water partition coefficient (Wildman–Crippen LogP) is 3.31. The number of amides is 1. The molecule has 0 fully saturated rings. The number of carbonyl (C=O) groups excluding carboxylic acids is 1. The van der Waals surface area contributed by atoms with E-state index < -0.39 is 11.9 Å². The van der Waals surface area contributed by atoms with Gasteiger partial charge in [-0.05, 0) is 47.4 Å². The molecule has 26 heavy (non-hydrogen) atoms. The summed E-state index contributed by atoms with van der Waals surface area (Å²) in [5.74, 6) is -1.29. The van der Waals surface area contributed by atoms with E-state index >= 15 is 0 Å². The lowest BCUT2D eigenvalue weighted by Crippen LogP contribution is -2.13. The number of ether oxygens (including phenoxy) is 1. The normalized spacial score (nSPS) is 10.5. The molecular formula is C20H17FN2O3. The molecule has 0 spiro atoms. The van der Waals surface area contributed by atoms with Gasteiger partial charge in [0.2, 0.25) is 11.8 Å². The zero-order valence-corrected chi connectivity index (χ0v) is 13.9. The number of rotatable bonds is 6. The molecule has 5 nitrogen and oxygen atoms in total. The molecule has 3 aromatic rings. The van der Waals surface area contributed by atoms with Gasteiger partial charge in [-0.25, -0.2) is 0 Å². The van der Waals surface area contributed by atoms with Crippen LogP contribution in [0.1, 0.15) is 15.9 Å². The Bertz CT molecular complexity index is 944. The first-order valence-electron chi connectivity index (χ1n) is 8.01. The van der Waals surface area contributed by atoms with Crippen molar-refractivity contribution in [2.45, 2.75) is 6.42 Å². The fourth-order valence-corrected chi connectivity index (χ4v) is 2.57. The highest BCUT2D eigenvalue weighted by Gasteiger charge is 2.13. The van der Waals surface area contributed by atoms with Gasteiger partial charge in [-0.1, -0.05) is 36.4 Å². The fraction of sp³-hybridized carbons (Fsp3) is 0.100. The molecule has 1 aromatic heterocycles. The zero-order valence-electron chi connectivity index (χ0n) is 13.9. The van der Waals surface area contributed by atoms with Crippen molar-refractivity contribution < 1.29 is 19.0 Å². The van der Waals surface area contributed by atoms with E-state index in [1.807, 2.05) is 30.3 Å². The summed E-state index contributed by atoms with van der Waals surface area (Å²) in [6.07, 6.45) is 0.569. The summed E-state index contributed by atoms with van der Waals surface area (Å²) in [6, 6.07) is 17.2. The van der Waals surface area contributed by atoms with Gasteiger partial charge in [0.05, 0.1) is 0 Å². The number of aliphatic hydroxyl groups is 1. The van der Waals surface area contributed by atoms with Gasteiger partial charge in [0, 0.05) is 6.61 Å². The van der Waals surface area contributed by atoms with Crippen molar-refractivity contribution in [3.8, 4) is 22.8 Å². The number of benzene rings is 2. The summed E-state index contributed by atoms with van der Waals surface area (Å²) in [4.78, 5) is 15.1. The Morgan fingerprint density at radius 3 is 2.54 bits per heavy atom. The molecule has 0 radical (unpaired) electrons. The molecule has 1 amide bonds. The molecule has 0 bridgehead atoms. The number of hydrogen-bond acceptors (Lipinski definition) is 4. The molecule has 1 heterocycles. The van der Waals surface area contributed by atoms with Crippen molar-refractivity contribution in [1.82, 2.24) is 4.98 Å². The fourth-order valence-electron chi connectivity index (χ4n) is 2.57. The van der Waals surface area contributed by atoms with Gasteiger partial charge in [0.25, 0.3) is 5.91 Å². The lowest BCUT2D eigenvalue weighted by molar-refractivity contribution is 0.0997. The monoisotopic (exact) mass is 352 g/mol. The summed E-state index contributed by atoms with van der Waals surface area (Å²) < 4.78 is 19.0. The van der Waals surface area contributed by atoms with E-state index in [4.69, 9.17) is 15.6 Å². The van der Waals surface area contributed by atoms with Gasteiger partial charge in [-0.15, -0.1) is 0 Å². The number of halogens is 1. The Kier molecular flexibility index (Phi) is 5.24. The van der Waals surface area contributed by atoms with Crippen LogP contribution in [0.2, 0.25) is 0 Å². The van der Waals surface area contributed by atoms with Crippen LogP contribution >= 0.6 is 0 Å². The Labute approximate surface area is 149 Å². The number of primary amides is 1. The molecule has 0 aliphatic rings. The van der Waals surface area contributed by atoms with E-state index in [2.05, 4.69) is 4.98 Å². The van der Waals surface area contributed by atoms with Gasteiger partial charge in [-0.2, -0.15) is 9.37 Å². The van der Waals surface area contributed by atoms with E-state index in [0.717, 1.165) is 22.8 Å². The number of aromatic nitrogens is 1. The Morgan fingerprint density at radius 2 is 1.81 bits per heavy atom. The summed E-state index contributed by atoms with van der Waals surface area (Å²) in [7, 11) is 0. The zero-order chi connectivity index (χ0) is 18.5. The summed E-state index contributed by atoms with van der Waals surface area (Å²) >= 11 is 0. The van der Waals surface area contributed by atoms with Gasteiger partial charge < -0.3 is 15.6 Å². The molecule has 0 unspecified atom stereocenters. The molecule has 0 saturated carbocycles. The second-order valence-corrected chi connectivity index (χ2v) is 5.65. The maximum atomic E-state index is 13.4. The molecule has 0 aliphatic carbocycles. The van der Waals surface area contributed by atoms with Crippen LogP contribution in [0, 0.1) is 5.95 Å². The molecular weight excluding hydrogens is 335 g/mol. The molecule has 0 saturated heterocycles. The molecule has 132 valence electrons. The lowest BCUT2D eigenvalue weighted by atomic mass is 10.0. The van der Waals surface area contributed by atoms with Crippen molar-refractivity contribution in [2.24, 2.45) is 5.73 Å². The molecule has 0 aliphatic heterocycles. The van der Waals surface area contributed by atoms with E-state index in [1.54, 1.807) is 18.2 Å². The Balaban J connectivity index is 1.92. The van der Waals surface area contributed by atoms with E-state index in [-0.39, 0.29) is 18.1 Å². The molecule has 2 aromatic carbocycles. The number of nitrogens with two attached hydrogens (primary N) is 1. The molecule has 3 N–H and O–H groups in total. The largest absolute Gasteiger partial charge is 0.438 e. The van der Waals surface area contributed by atoms with Crippen LogP contribution in [-0.2, 0) is 6.42 Å². The first-order valence-corrected chi connectivity index (χ1v) is 8.01. The highest BCUT2D eigenvalue weighted by molar-refractivity contribution is 5.95. The summed E-state index contributed by atoms with van der Waals surface area (Å²) in [5, 5.41) is 9.09. The van der Waals surface area contributed by atoms with Crippen LogP contribution in [0.5, 0.6) is 11.6 Å². The quantitative estimate of drug-likeness (QED) is 0.667. The first kappa shape index (κ1) is 17.6. The number of pyridine rings is 1. The number of nitrogens with zero attached hydrogens (tertiary/aromatic N) is 1. The van der Waals surface area contributed by atoms with Gasteiger partial charge in [0.15, 0.2) is 0 Å². The molecule has 0 atom stereocenters. The van der Waals surface area contributed by atoms with Crippen LogP contribution in [0.15, 0.2) is 60.7 Å². The maximum absolute atomic E-state index is 13.4. The van der Waals surface area contributed by atoms with Crippen molar-refractivity contribution in [3.63, 3.8) is 0 Å². The highest BCUT2D eigenvalue weighted by atomic mass is 19.1. The third kappa shape index (κ3) is 4.04. The predicted molar refractivity (Wildman–Crippen MR) is 95.5 cm³/mol. The smallest absolute Gasteiger partial charge is 0.254 e. The van der Waals surface area contributed by atoms with Crippen LogP contribution in [0.4, 0.5) is 4.39 Å². The van der Waals surface area contributed by atoms with Gasteiger partial charge in [-0.3, -0.25) is 4.79 Å². The SMILES string of the molecule is NC(=O)c1ccc(F)nc1Oc1cccc(-c2cccc(CCO)c2)c1. The van der Waals surface area contributed by atoms with Crippen molar-refractivity contribution >= 4 is 5.91 Å². The topological polar surface area (TPSA) is 85.4 Å². The van der Waals surface area contributed by atoms with Crippen molar-refractivity contribution in [2.75, 3.05) is 6.61 Å². The Morgan fingerprint density at radius 1 is 1.08 bits per heavy atom. The van der Waals surface area contributed by atoms with E-state index in [9.17, 15) is 9.18 Å². The van der Waals surface area contributed by atoms with Crippen LogP contribution < -0.4 is 10.5 Å². The number of hydrogen-bond donors (Lipinski definition) is 2. The van der Waals surface area contributed by atoms with E-state index in [1.165, 1.54) is 6.07 Å². The van der Waals surface area contributed by atoms with Crippen LogP contribution in [0.25, 0.3) is 11.1 Å². The second kappa shape index (κ2) is 7.76. The molecule has 3 rings (SSSR count). The summed E-state index contributed by atoms with van der Waals surface area (Å²) in [6.45, 7) is 0.0771. The third-order valence-electron chi connectivity index (χ3n) is 3.80. The minimum Gasteiger partial charge on any atom is -0.438 e. The average molecular weight is 352 g/mol. The minimum atomic E-state index is -0.766. The van der Waals surface area contributed by atoms with Crippen molar-refractivity contribution in [1.29, 1.82) is 0 Å². The van der Waals surface area contributed by atoms with E-state index in [0.29, 0.717) is 12.2 Å². The molecule has 6 heteroatoms. The first-order chi connectivity index (χ1) is 12.6. The second-order valence-electron chi connectivity index (χ2n) is 5.65. The number of aliphatic hydroxyl groups excluding tert-OH is 1. The highest BCUT2D eigenvalue weighted by Crippen LogP contribution is 2.28. The number of carbonyl (C=O) groups is 1. The minimum absolute atomic E-state index is 0.00162. The van der Waals surface area contributed by atoms with Crippen molar-refractivity contribution in [3.05, 3.63) is 77.7 Å². The van der Waals surface area contributed by atoms with Gasteiger partial charge in [0.1, 0.15) is 11.3 Å². The third-order valence-corrected chi connectivity index (χ3v) is 3.80. The maximum Gasteiger partial charge on any atom is 0.254 e. The average Bonchev–Trinajstić information content (AvgIpc) is 2.62.